The van der Waals surface area contributed by atoms with E-state index in [0.717, 1.165) is 21.9 Å². The van der Waals surface area contributed by atoms with Crippen LogP contribution in [0.3, 0.4) is 0 Å². The molecule has 0 bridgehead atoms. The minimum Gasteiger partial charge on any atom is -0.469 e. The molecule has 0 unspecified atom stereocenters. The topological polar surface area (TPSA) is 143 Å². The number of esters is 1. The Kier molecular flexibility index (Phi) is 14.0. The van der Waals surface area contributed by atoms with Gasteiger partial charge in [0.25, 0.3) is 0 Å². The van der Waals surface area contributed by atoms with E-state index < -0.39 is 48.1 Å². The molecule has 3 aromatic rings. The van der Waals surface area contributed by atoms with Crippen LogP contribution in [0.2, 0.25) is 0 Å². The van der Waals surface area contributed by atoms with Crippen LogP contribution < -0.4 is 16.0 Å². The molecule has 0 aliphatic rings. The van der Waals surface area contributed by atoms with Crippen molar-refractivity contribution in [2.75, 3.05) is 7.11 Å². The lowest BCUT2D eigenvalue weighted by molar-refractivity contribution is -0.144. The minimum absolute atomic E-state index is 0.0266. The number of nitrogens with one attached hydrogen (secondary N) is 3. The molecule has 0 spiro atoms. The highest BCUT2D eigenvalue weighted by molar-refractivity contribution is 5.92. The number of carbonyl (C=O) groups excluding carboxylic acids is 4. The number of hydrogen-bond acceptors (Lipinski definition) is 7. The van der Waals surface area contributed by atoms with E-state index in [4.69, 9.17) is 9.47 Å². The first-order valence-corrected chi connectivity index (χ1v) is 15.8. The van der Waals surface area contributed by atoms with Crippen molar-refractivity contribution in [3.63, 3.8) is 0 Å². The molecule has 46 heavy (non-hydrogen) atoms. The van der Waals surface area contributed by atoms with Crippen molar-refractivity contribution in [3.8, 4) is 0 Å². The normalized spacial score (nSPS) is 13.8. The van der Waals surface area contributed by atoms with Crippen molar-refractivity contribution in [3.05, 3.63) is 83.9 Å². The summed E-state index contributed by atoms with van der Waals surface area (Å²) in [7, 11) is 1.24. The Morgan fingerprint density at radius 2 is 1.37 bits per heavy atom. The van der Waals surface area contributed by atoms with Gasteiger partial charge in [0.05, 0.1) is 25.7 Å². The number of rotatable bonds is 16. The van der Waals surface area contributed by atoms with Gasteiger partial charge in [-0.2, -0.15) is 0 Å². The number of aliphatic hydroxyl groups excluding tert-OH is 1. The zero-order valence-electron chi connectivity index (χ0n) is 27.3. The van der Waals surface area contributed by atoms with Crippen molar-refractivity contribution in [2.24, 2.45) is 11.8 Å². The highest BCUT2D eigenvalue weighted by atomic mass is 16.5. The summed E-state index contributed by atoms with van der Waals surface area (Å²) in [5, 5.41) is 21.1. The summed E-state index contributed by atoms with van der Waals surface area (Å²) in [5.41, 5.74) is 1.64. The number of methoxy groups -OCH3 is 1. The summed E-state index contributed by atoms with van der Waals surface area (Å²) >= 11 is 0. The van der Waals surface area contributed by atoms with E-state index in [0.29, 0.717) is 12.8 Å². The summed E-state index contributed by atoms with van der Waals surface area (Å²) in [5.74, 6) is -1.51. The Labute approximate surface area is 271 Å². The molecule has 0 radical (unpaired) electrons. The van der Waals surface area contributed by atoms with Gasteiger partial charge in [0, 0.05) is 6.42 Å². The van der Waals surface area contributed by atoms with Gasteiger partial charge in [-0.15, -0.1) is 0 Å². The molecule has 3 aromatic carbocycles. The number of amides is 3. The molecule has 10 nitrogen and oxygen atoms in total. The van der Waals surface area contributed by atoms with Crippen LogP contribution in [0.15, 0.2) is 72.8 Å². The summed E-state index contributed by atoms with van der Waals surface area (Å²) in [6.45, 7) is 7.77. The predicted molar refractivity (Wildman–Crippen MR) is 177 cm³/mol. The zero-order chi connectivity index (χ0) is 33.6. The molecule has 248 valence electrons. The number of fused-ring (bicyclic) bond motifs is 1. The predicted octanol–water partition coefficient (Wildman–Crippen LogP) is 4.66. The highest BCUT2D eigenvalue weighted by Gasteiger charge is 2.32. The van der Waals surface area contributed by atoms with Crippen LogP contribution in [0.4, 0.5) is 4.79 Å². The molecule has 3 rings (SSSR count). The Hall–Kier alpha value is -4.44. The molecule has 0 aromatic heterocycles. The number of carbonyl (C=O) groups is 4. The fourth-order valence-electron chi connectivity index (χ4n) is 5.28. The third-order valence-corrected chi connectivity index (χ3v) is 7.59. The molecule has 0 saturated carbocycles. The maximum absolute atomic E-state index is 13.9. The van der Waals surface area contributed by atoms with Gasteiger partial charge in [-0.25, -0.2) is 4.79 Å². The third kappa shape index (κ3) is 11.5. The van der Waals surface area contributed by atoms with Crippen molar-refractivity contribution < 1.29 is 33.8 Å². The van der Waals surface area contributed by atoms with Crippen LogP contribution in [-0.4, -0.2) is 60.3 Å². The first-order valence-electron chi connectivity index (χ1n) is 15.8. The van der Waals surface area contributed by atoms with Gasteiger partial charge in [0.1, 0.15) is 18.7 Å². The van der Waals surface area contributed by atoms with Crippen LogP contribution in [0, 0.1) is 11.8 Å². The van der Waals surface area contributed by atoms with Gasteiger partial charge in [-0.3, -0.25) is 14.4 Å². The Morgan fingerprint density at radius 3 is 2.04 bits per heavy atom. The molecule has 0 saturated heterocycles. The summed E-state index contributed by atoms with van der Waals surface area (Å²) < 4.78 is 10.1. The largest absolute Gasteiger partial charge is 0.469 e. The number of hydrogen-bond donors (Lipinski definition) is 4. The van der Waals surface area contributed by atoms with E-state index >= 15 is 0 Å². The SMILES string of the molecule is COC(=O)C[C@H](O)[C@H](CC(C)C)NC(=O)[C@H](CC(C)C)NC(=O)[C@H](Cc1cccc2ccccc12)NC(=O)OCc1ccccc1. The fourth-order valence-corrected chi connectivity index (χ4v) is 5.28. The van der Waals surface area contributed by atoms with Gasteiger partial charge in [-0.1, -0.05) is 100 Å². The lowest BCUT2D eigenvalue weighted by Gasteiger charge is -2.29. The fraction of sp³-hybridized carbons (Fsp3) is 0.444. The quantitative estimate of drug-likeness (QED) is 0.168. The van der Waals surface area contributed by atoms with E-state index in [1.54, 1.807) is 0 Å². The third-order valence-electron chi connectivity index (χ3n) is 7.59. The second-order valence-electron chi connectivity index (χ2n) is 12.4. The highest BCUT2D eigenvalue weighted by Crippen LogP contribution is 2.20. The minimum atomic E-state index is -1.17. The number of aliphatic hydroxyl groups is 1. The summed E-state index contributed by atoms with van der Waals surface area (Å²) in [6, 6.07) is 20.0. The maximum Gasteiger partial charge on any atom is 0.408 e. The molecule has 0 aliphatic carbocycles. The molecular weight excluding hydrogens is 586 g/mol. The van der Waals surface area contributed by atoms with Crippen LogP contribution >= 0.6 is 0 Å². The monoisotopic (exact) mass is 633 g/mol. The zero-order valence-corrected chi connectivity index (χ0v) is 27.3. The molecule has 0 fully saturated rings. The average Bonchev–Trinajstić information content (AvgIpc) is 3.02. The van der Waals surface area contributed by atoms with Crippen LogP contribution in [0.5, 0.6) is 0 Å². The van der Waals surface area contributed by atoms with Gasteiger partial charge >= 0.3 is 12.1 Å². The molecule has 10 heteroatoms. The van der Waals surface area contributed by atoms with Crippen LogP contribution in [0.25, 0.3) is 10.8 Å². The van der Waals surface area contributed by atoms with Gasteiger partial charge in [0.2, 0.25) is 11.8 Å². The molecule has 3 amide bonds. The molecule has 0 heterocycles. The lowest BCUT2D eigenvalue weighted by atomic mass is 9.95. The second-order valence-corrected chi connectivity index (χ2v) is 12.4. The van der Waals surface area contributed by atoms with E-state index in [1.165, 1.54) is 7.11 Å². The number of alkyl carbamates (subject to hydrolysis) is 1. The van der Waals surface area contributed by atoms with Crippen molar-refractivity contribution >= 4 is 34.6 Å². The Bertz CT molecular complexity index is 1440. The second kappa shape index (κ2) is 17.9. The first kappa shape index (κ1) is 36.0. The maximum atomic E-state index is 13.9. The van der Waals surface area contributed by atoms with Gasteiger partial charge < -0.3 is 30.5 Å². The Morgan fingerprint density at radius 1 is 0.739 bits per heavy atom. The average molecular weight is 634 g/mol. The van der Waals surface area contributed by atoms with Crippen LogP contribution in [0.1, 0.15) is 58.1 Å². The number of benzene rings is 3. The number of ether oxygens (including phenoxy) is 2. The molecule has 0 aliphatic heterocycles. The summed E-state index contributed by atoms with van der Waals surface area (Å²) in [4.78, 5) is 52.3. The standard InChI is InChI=1S/C36H47N3O7/c1-23(2)18-29(32(40)21-33(41)45-5)37-34(42)30(19-24(3)4)38-35(43)31(39-36(44)46-22-25-12-7-6-8-13-25)20-27-16-11-15-26-14-9-10-17-28(26)27/h6-17,23-24,29-32,40H,18-22H2,1-5H3,(H,37,42)(H,38,43)(H,39,44)/t29-,30-,31-,32-/m0/s1. The van der Waals surface area contributed by atoms with Crippen molar-refractivity contribution in [1.29, 1.82) is 0 Å². The molecule has 4 N–H and O–H groups in total. The van der Waals surface area contributed by atoms with Crippen molar-refractivity contribution in [2.45, 2.75) is 84.2 Å². The van der Waals surface area contributed by atoms with E-state index in [2.05, 4.69) is 16.0 Å². The van der Waals surface area contributed by atoms with Gasteiger partial charge in [0.15, 0.2) is 0 Å². The molecular formula is C36H47N3O7. The summed E-state index contributed by atoms with van der Waals surface area (Å²) in [6.07, 6.45) is -1.36. The van der Waals surface area contributed by atoms with E-state index in [-0.39, 0.29) is 31.3 Å². The lowest BCUT2D eigenvalue weighted by Crippen LogP contribution is -2.57. The van der Waals surface area contributed by atoms with Gasteiger partial charge in [-0.05, 0) is 46.6 Å². The first-order chi connectivity index (χ1) is 22.0. The van der Waals surface area contributed by atoms with E-state index in [1.807, 2.05) is 100 Å². The smallest absolute Gasteiger partial charge is 0.408 e. The van der Waals surface area contributed by atoms with Crippen LogP contribution in [-0.2, 0) is 36.9 Å². The Balaban J connectivity index is 1.83. The van der Waals surface area contributed by atoms with E-state index in [9.17, 15) is 24.3 Å². The molecule has 4 atom stereocenters. The van der Waals surface area contributed by atoms with Crippen molar-refractivity contribution in [1.82, 2.24) is 16.0 Å².